The van der Waals surface area contributed by atoms with E-state index in [-0.39, 0.29) is 43.2 Å². The van der Waals surface area contributed by atoms with Gasteiger partial charge < -0.3 is 24.6 Å². The fourth-order valence-corrected chi connectivity index (χ4v) is 3.60. The highest BCUT2D eigenvalue weighted by atomic mass is 16.6. The molecular formula is C23H24N2O8. The van der Waals surface area contributed by atoms with Crippen LogP contribution in [0.3, 0.4) is 0 Å². The van der Waals surface area contributed by atoms with Gasteiger partial charge in [0.2, 0.25) is 0 Å². The highest BCUT2D eigenvalue weighted by Gasteiger charge is 2.45. The minimum Gasteiger partial charge on any atom is -0.507 e. The number of ether oxygens (including phenoxy) is 2. The summed E-state index contributed by atoms with van der Waals surface area (Å²) in [6.07, 6.45) is 0. The van der Waals surface area contributed by atoms with Crippen LogP contribution in [-0.4, -0.2) is 64.7 Å². The van der Waals surface area contributed by atoms with Crippen LogP contribution in [0.4, 0.5) is 5.69 Å². The van der Waals surface area contributed by atoms with Crippen LogP contribution in [0.15, 0.2) is 54.1 Å². The highest BCUT2D eigenvalue weighted by molar-refractivity contribution is 6.46. The van der Waals surface area contributed by atoms with Crippen LogP contribution in [-0.2, 0) is 14.3 Å². The number of benzene rings is 2. The number of non-ortho nitro benzene ring substituents is 1. The predicted molar refractivity (Wildman–Crippen MR) is 118 cm³/mol. The summed E-state index contributed by atoms with van der Waals surface area (Å²) in [4.78, 5) is 37.4. The van der Waals surface area contributed by atoms with Gasteiger partial charge in [0.15, 0.2) is 0 Å². The first-order chi connectivity index (χ1) is 15.9. The van der Waals surface area contributed by atoms with Crippen molar-refractivity contribution in [2.75, 3.05) is 33.0 Å². The van der Waals surface area contributed by atoms with Crippen molar-refractivity contribution < 1.29 is 34.2 Å². The van der Waals surface area contributed by atoms with Gasteiger partial charge in [-0.25, -0.2) is 0 Å². The SMILES string of the molecule is CCOc1ccc([C@@H]2C(=C(O)c3ccc([N+](=O)[O-])cc3)C(=O)C(=O)N2CCOCCO)cc1. The van der Waals surface area contributed by atoms with Crippen molar-refractivity contribution in [2.45, 2.75) is 13.0 Å². The van der Waals surface area contributed by atoms with Gasteiger partial charge in [-0.3, -0.25) is 19.7 Å². The van der Waals surface area contributed by atoms with Crippen molar-refractivity contribution in [2.24, 2.45) is 0 Å². The summed E-state index contributed by atoms with van der Waals surface area (Å²) in [6.45, 7) is 2.36. The van der Waals surface area contributed by atoms with Gasteiger partial charge in [-0.15, -0.1) is 0 Å². The highest BCUT2D eigenvalue weighted by Crippen LogP contribution is 2.39. The number of carbonyl (C=O) groups excluding carboxylic acids is 2. The van der Waals surface area contributed by atoms with Gasteiger partial charge in [-0.1, -0.05) is 12.1 Å². The topological polar surface area (TPSA) is 139 Å². The molecule has 2 aromatic carbocycles. The first-order valence-electron chi connectivity index (χ1n) is 10.3. The number of Topliss-reactive ketones (excluding diaryl/α,β-unsaturated/α-hetero) is 1. The number of likely N-dealkylation sites (tertiary alicyclic amines) is 1. The molecule has 0 bridgehead atoms. The summed E-state index contributed by atoms with van der Waals surface area (Å²) in [5, 5.41) is 30.8. The summed E-state index contributed by atoms with van der Waals surface area (Å²) in [5.74, 6) is -1.49. The van der Waals surface area contributed by atoms with Gasteiger partial charge in [-0.05, 0) is 36.8 Å². The largest absolute Gasteiger partial charge is 0.507 e. The number of nitrogens with zero attached hydrogens (tertiary/aromatic N) is 2. The number of ketones is 1. The van der Waals surface area contributed by atoms with Gasteiger partial charge in [0.1, 0.15) is 11.5 Å². The number of nitro benzene ring substituents is 1. The van der Waals surface area contributed by atoms with Crippen molar-refractivity contribution in [3.63, 3.8) is 0 Å². The monoisotopic (exact) mass is 456 g/mol. The summed E-state index contributed by atoms with van der Waals surface area (Å²) in [7, 11) is 0. The summed E-state index contributed by atoms with van der Waals surface area (Å²) in [5.41, 5.74) is 0.450. The number of amides is 1. The zero-order valence-corrected chi connectivity index (χ0v) is 18.0. The van der Waals surface area contributed by atoms with Crippen LogP contribution >= 0.6 is 0 Å². The molecule has 2 aromatic rings. The molecule has 0 aliphatic carbocycles. The predicted octanol–water partition coefficient (Wildman–Crippen LogP) is 2.42. The van der Waals surface area contributed by atoms with E-state index in [2.05, 4.69) is 0 Å². The zero-order valence-electron chi connectivity index (χ0n) is 18.0. The Morgan fingerprint density at radius 3 is 2.33 bits per heavy atom. The van der Waals surface area contributed by atoms with Crippen molar-refractivity contribution in [1.82, 2.24) is 4.90 Å². The van der Waals surface area contributed by atoms with E-state index >= 15 is 0 Å². The maximum atomic E-state index is 12.9. The summed E-state index contributed by atoms with van der Waals surface area (Å²) >= 11 is 0. The number of rotatable bonds is 10. The molecule has 0 unspecified atom stereocenters. The van der Waals surface area contributed by atoms with Crippen LogP contribution in [0, 0.1) is 10.1 Å². The summed E-state index contributed by atoms with van der Waals surface area (Å²) in [6, 6.07) is 11.0. The third-order valence-corrected chi connectivity index (χ3v) is 5.11. The third-order valence-electron chi connectivity index (χ3n) is 5.11. The lowest BCUT2D eigenvalue weighted by molar-refractivity contribution is -0.384. The second kappa shape index (κ2) is 10.7. The van der Waals surface area contributed by atoms with Crippen LogP contribution in [0.25, 0.3) is 5.76 Å². The standard InChI is InChI=1S/C23H24N2O8/c1-2-33-18-9-5-15(6-10-18)20-19(21(27)16-3-7-17(8-4-16)25(30)31)22(28)23(29)24(20)11-13-32-14-12-26/h3-10,20,26-27H,2,11-14H2,1H3/t20-/m1/s1. The third kappa shape index (κ3) is 5.18. The van der Waals surface area contributed by atoms with Crippen molar-refractivity contribution in [3.05, 3.63) is 75.3 Å². The van der Waals surface area contributed by atoms with Gasteiger partial charge in [-0.2, -0.15) is 0 Å². The fraction of sp³-hybridized carbons (Fsp3) is 0.304. The van der Waals surface area contributed by atoms with E-state index in [1.54, 1.807) is 24.3 Å². The van der Waals surface area contributed by atoms with Crippen LogP contribution in [0.5, 0.6) is 5.75 Å². The molecule has 0 spiro atoms. The minimum atomic E-state index is -0.895. The summed E-state index contributed by atoms with van der Waals surface area (Å²) < 4.78 is 10.7. The average molecular weight is 456 g/mol. The number of carbonyl (C=O) groups is 2. The maximum absolute atomic E-state index is 12.9. The molecule has 3 rings (SSSR count). The van der Waals surface area contributed by atoms with Gasteiger partial charge >= 0.3 is 0 Å². The molecule has 33 heavy (non-hydrogen) atoms. The Morgan fingerprint density at radius 2 is 1.76 bits per heavy atom. The lowest BCUT2D eigenvalue weighted by atomic mass is 9.95. The van der Waals surface area contributed by atoms with E-state index < -0.39 is 28.4 Å². The molecule has 10 nitrogen and oxygen atoms in total. The molecule has 0 radical (unpaired) electrons. The van der Waals surface area contributed by atoms with Gasteiger partial charge in [0.05, 0.1) is 43.0 Å². The minimum absolute atomic E-state index is 0.0551. The number of hydrogen-bond acceptors (Lipinski definition) is 8. The molecule has 0 saturated carbocycles. The number of aliphatic hydroxyl groups is 2. The Balaban J connectivity index is 2.04. The molecule has 1 heterocycles. The number of aliphatic hydroxyl groups excluding tert-OH is 2. The smallest absolute Gasteiger partial charge is 0.295 e. The van der Waals surface area contributed by atoms with Crippen molar-refractivity contribution >= 4 is 23.1 Å². The van der Waals surface area contributed by atoms with E-state index in [0.717, 1.165) is 0 Å². The Kier molecular flexibility index (Phi) is 7.75. The molecule has 174 valence electrons. The van der Waals surface area contributed by atoms with Crippen LogP contribution in [0.2, 0.25) is 0 Å². The molecule has 10 heteroatoms. The second-order valence-corrected chi connectivity index (χ2v) is 7.13. The molecule has 1 fully saturated rings. The lowest BCUT2D eigenvalue weighted by Gasteiger charge is -2.25. The molecular weight excluding hydrogens is 432 g/mol. The van der Waals surface area contributed by atoms with Crippen LogP contribution < -0.4 is 4.74 Å². The van der Waals surface area contributed by atoms with E-state index in [1.165, 1.54) is 29.2 Å². The first kappa shape index (κ1) is 23.9. The number of hydrogen-bond donors (Lipinski definition) is 2. The Labute approximate surface area is 189 Å². The number of nitro groups is 1. The molecule has 0 aromatic heterocycles. The van der Waals surface area contributed by atoms with E-state index in [0.29, 0.717) is 17.9 Å². The normalized spacial score (nSPS) is 17.4. The van der Waals surface area contributed by atoms with Gasteiger partial charge in [0, 0.05) is 24.2 Å². The second-order valence-electron chi connectivity index (χ2n) is 7.13. The molecule has 1 aliphatic heterocycles. The molecule has 1 amide bonds. The molecule has 1 saturated heterocycles. The molecule has 2 N–H and O–H groups in total. The van der Waals surface area contributed by atoms with E-state index in [4.69, 9.17) is 14.6 Å². The fourth-order valence-electron chi connectivity index (χ4n) is 3.60. The van der Waals surface area contributed by atoms with Gasteiger partial charge in [0.25, 0.3) is 17.4 Å². The zero-order chi connectivity index (χ0) is 24.0. The lowest BCUT2D eigenvalue weighted by Crippen LogP contribution is -2.33. The van der Waals surface area contributed by atoms with E-state index in [9.17, 15) is 24.8 Å². The quantitative estimate of drug-likeness (QED) is 0.139. The van der Waals surface area contributed by atoms with Crippen molar-refractivity contribution in [3.8, 4) is 5.75 Å². The van der Waals surface area contributed by atoms with Crippen molar-refractivity contribution in [1.29, 1.82) is 0 Å². The average Bonchev–Trinajstić information content (AvgIpc) is 3.07. The maximum Gasteiger partial charge on any atom is 0.295 e. The Morgan fingerprint density at radius 1 is 1.09 bits per heavy atom. The molecule has 1 atom stereocenters. The Bertz CT molecular complexity index is 1050. The van der Waals surface area contributed by atoms with Crippen LogP contribution in [0.1, 0.15) is 24.1 Å². The molecule has 1 aliphatic rings. The first-order valence-corrected chi connectivity index (χ1v) is 10.3. The Hall–Kier alpha value is -3.76. The van der Waals surface area contributed by atoms with E-state index in [1.807, 2.05) is 6.92 Å².